The number of carbonyl (C=O) groups excluding carboxylic acids is 2. The van der Waals surface area contributed by atoms with E-state index < -0.39 is 17.7 Å². The summed E-state index contributed by atoms with van der Waals surface area (Å²) in [4.78, 5) is 34.4. The van der Waals surface area contributed by atoms with Gasteiger partial charge in [-0.3, -0.25) is 14.0 Å². The molecule has 7 heteroatoms. The number of hydrogen-bond donors (Lipinski definition) is 1. The predicted octanol–water partition coefficient (Wildman–Crippen LogP) is 3.32. The van der Waals surface area contributed by atoms with Crippen LogP contribution in [0.2, 0.25) is 0 Å². The Labute approximate surface area is 187 Å². The van der Waals surface area contributed by atoms with Crippen LogP contribution in [0, 0.1) is 13.8 Å². The van der Waals surface area contributed by atoms with Crippen molar-refractivity contribution in [3.05, 3.63) is 76.7 Å². The van der Waals surface area contributed by atoms with Crippen molar-refractivity contribution in [1.29, 1.82) is 0 Å². The number of aryl methyl sites for hydroxylation is 2. The molecule has 4 rings (SSSR count). The summed E-state index contributed by atoms with van der Waals surface area (Å²) in [5.41, 5.74) is 3.68. The number of benzene rings is 1. The lowest BCUT2D eigenvalue weighted by molar-refractivity contribution is -0.139. The van der Waals surface area contributed by atoms with Gasteiger partial charge in [0.25, 0.3) is 11.7 Å². The fraction of sp³-hybridized carbons (Fsp3) is 0.320. The molecular formula is C25H28N4O3. The Kier molecular flexibility index (Phi) is 5.84. The first-order valence-corrected chi connectivity index (χ1v) is 10.7. The molecule has 1 fully saturated rings. The van der Waals surface area contributed by atoms with E-state index in [4.69, 9.17) is 0 Å². The van der Waals surface area contributed by atoms with Crippen molar-refractivity contribution in [3.63, 3.8) is 0 Å². The first-order chi connectivity index (χ1) is 15.3. The summed E-state index contributed by atoms with van der Waals surface area (Å²) in [6.07, 6.45) is 2.51. The number of carbonyl (C=O) groups is 2. The third kappa shape index (κ3) is 3.80. The fourth-order valence-corrected chi connectivity index (χ4v) is 4.29. The number of imidazole rings is 1. The average Bonchev–Trinajstić information content (AvgIpc) is 3.22. The van der Waals surface area contributed by atoms with Gasteiger partial charge in [0.05, 0.1) is 17.3 Å². The minimum atomic E-state index is -0.664. The summed E-state index contributed by atoms with van der Waals surface area (Å²) < 4.78 is 1.75. The first kappa shape index (κ1) is 21.8. The Hall–Kier alpha value is -3.45. The van der Waals surface area contributed by atoms with Gasteiger partial charge in [0.15, 0.2) is 5.76 Å². The number of hydrogen-bond acceptors (Lipinski definition) is 5. The van der Waals surface area contributed by atoms with Crippen LogP contribution in [0.5, 0.6) is 0 Å². The zero-order chi connectivity index (χ0) is 23.0. The van der Waals surface area contributed by atoms with Crippen LogP contribution in [-0.2, 0) is 9.59 Å². The molecule has 1 saturated heterocycles. The molecule has 0 spiro atoms. The molecule has 0 bridgehead atoms. The fourth-order valence-electron chi connectivity index (χ4n) is 4.29. The molecule has 1 aliphatic rings. The second-order valence-electron chi connectivity index (χ2n) is 8.53. The molecule has 7 nitrogen and oxygen atoms in total. The largest absolute Gasteiger partial charge is 0.505 e. The summed E-state index contributed by atoms with van der Waals surface area (Å²) in [6.45, 7) is 4.98. The minimum absolute atomic E-state index is 0.109. The van der Waals surface area contributed by atoms with Crippen LogP contribution in [-0.4, -0.2) is 63.2 Å². The Balaban J connectivity index is 1.87. The Morgan fingerprint density at radius 1 is 1.09 bits per heavy atom. The zero-order valence-corrected chi connectivity index (χ0v) is 18.9. The van der Waals surface area contributed by atoms with Gasteiger partial charge in [-0.2, -0.15) is 0 Å². The molecule has 0 aliphatic carbocycles. The molecule has 32 heavy (non-hydrogen) atoms. The number of fused-ring (bicyclic) bond motifs is 1. The van der Waals surface area contributed by atoms with Gasteiger partial charge in [-0.25, -0.2) is 4.98 Å². The van der Waals surface area contributed by atoms with Crippen molar-refractivity contribution in [1.82, 2.24) is 19.2 Å². The number of aromatic nitrogens is 2. The zero-order valence-electron chi connectivity index (χ0n) is 18.9. The van der Waals surface area contributed by atoms with Crippen molar-refractivity contribution in [2.75, 3.05) is 27.2 Å². The number of aliphatic hydroxyl groups excluding tert-OH is 1. The van der Waals surface area contributed by atoms with Gasteiger partial charge in [-0.05, 0) is 58.6 Å². The quantitative estimate of drug-likeness (QED) is 0.367. The monoisotopic (exact) mass is 432 g/mol. The highest BCUT2D eigenvalue weighted by Crippen LogP contribution is 2.40. The maximum atomic E-state index is 13.2. The van der Waals surface area contributed by atoms with E-state index in [0.717, 1.165) is 24.1 Å². The number of aliphatic hydroxyl groups is 1. The summed E-state index contributed by atoms with van der Waals surface area (Å²) in [7, 11) is 3.94. The van der Waals surface area contributed by atoms with E-state index in [1.165, 1.54) is 0 Å². The molecule has 1 N–H and O–H groups in total. The van der Waals surface area contributed by atoms with Crippen LogP contribution in [0.15, 0.2) is 54.2 Å². The van der Waals surface area contributed by atoms with Gasteiger partial charge in [0.1, 0.15) is 11.3 Å². The second kappa shape index (κ2) is 8.59. The summed E-state index contributed by atoms with van der Waals surface area (Å²) >= 11 is 0. The second-order valence-corrected chi connectivity index (χ2v) is 8.53. The third-order valence-electron chi connectivity index (χ3n) is 5.87. The molecule has 0 radical (unpaired) electrons. The highest BCUT2D eigenvalue weighted by molar-refractivity contribution is 6.46. The number of pyridine rings is 1. The van der Waals surface area contributed by atoms with Crippen molar-refractivity contribution < 1.29 is 14.7 Å². The number of nitrogens with zero attached hydrogens (tertiary/aromatic N) is 4. The van der Waals surface area contributed by atoms with E-state index in [1.54, 1.807) is 22.4 Å². The van der Waals surface area contributed by atoms with Gasteiger partial charge in [-0.1, -0.05) is 35.9 Å². The summed E-state index contributed by atoms with van der Waals surface area (Å²) in [6, 6.07) is 12.6. The van der Waals surface area contributed by atoms with E-state index in [1.807, 2.05) is 68.4 Å². The third-order valence-corrected chi connectivity index (χ3v) is 5.87. The summed E-state index contributed by atoms with van der Waals surface area (Å²) in [5, 5.41) is 11.4. The summed E-state index contributed by atoms with van der Waals surface area (Å²) in [5.74, 6) is -1.44. The molecule has 2 aromatic heterocycles. The van der Waals surface area contributed by atoms with E-state index in [0.29, 0.717) is 23.6 Å². The predicted molar refractivity (Wildman–Crippen MR) is 123 cm³/mol. The van der Waals surface area contributed by atoms with Crippen LogP contribution in [0.3, 0.4) is 0 Å². The van der Waals surface area contributed by atoms with Crippen LogP contribution >= 0.6 is 0 Å². The Morgan fingerprint density at radius 3 is 2.50 bits per heavy atom. The lowest BCUT2D eigenvalue weighted by Crippen LogP contribution is -2.32. The topological polar surface area (TPSA) is 78.1 Å². The van der Waals surface area contributed by atoms with E-state index in [-0.39, 0.29) is 11.3 Å². The van der Waals surface area contributed by atoms with Crippen LogP contribution in [0.1, 0.15) is 35.0 Å². The van der Waals surface area contributed by atoms with E-state index in [2.05, 4.69) is 4.98 Å². The molecule has 3 heterocycles. The maximum absolute atomic E-state index is 13.2. The molecule has 1 aliphatic heterocycles. The highest BCUT2D eigenvalue weighted by atomic mass is 16.3. The molecular weight excluding hydrogens is 404 g/mol. The Bertz CT molecular complexity index is 1210. The number of rotatable bonds is 6. The minimum Gasteiger partial charge on any atom is -0.505 e. The maximum Gasteiger partial charge on any atom is 0.295 e. The molecule has 1 unspecified atom stereocenters. The Morgan fingerprint density at radius 2 is 1.81 bits per heavy atom. The van der Waals surface area contributed by atoms with Crippen molar-refractivity contribution in [2.24, 2.45) is 0 Å². The van der Waals surface area contributed by atoms with Gasteiger partial charge in [-0.15, -0.1) is 0 Å². The molecule has 0 saturated carbocycles. The SMILES string of the molecule is Cc1ccc(C2/C(=C(/O)c3c(C)nc4ccccn34)C(=O)C(=O)N2CCCN(C)C)cc1. The van der Waals surface area contributed by atoms with Gasteiger partial charge < -0.3 is 14.9 Å². The number of likely N-dealkylation sites (tertiary alicyclic amines) is 1. The number of amides is 1. The molecule has 3 aromatic rings. The smallest absolute Gasteiger partial charge is 0.295 e. The normalized spacial score (nSPS) is 18.3. The van der Waals surface area contributed by atoms with E-state index in [9.17, 15) is 14.7 Å². The lowest BCUT2D eigenvalue weighted by atomic mass is 9.95. The molecule has 1 atom stereocenters. The highest BCUT2D eigenvalue weighted by Gasteiger charge is 2.46. The lowest BCUT2D eigenvalue weighted by Gasteiger charge is -2.26. The van der Waals surface area contributed by atoms with Crippen molar-refractivity contribution in [2.45, 2.75) is 26.3 Å². The van der Waals surface area contributed by atoms with E-state index >= 15 is 0 Å². The number of ketones is 1. The average molecular weight is 433 g/mol. The standard InChI is InChI=1S/C25H28N4O3/c1-16-9-11-18(12-10-16)22-20(24(31)25(32)29(22)15-7-13-27(3)4)23(30)21-17(2)26-19-8-5-6-14-28(19)21/h5-6,8-12,14,22,30H,7,13,15H2,1-4H3/b23-20-. The van der Waals surface area contributed by atoms with Crippen LogP contribution < -0.4 is 0 Å². The van der Waals surface area contributed by atoms with Crippen LogP contribution in [0.25, 0.3) is 11.4 Å². The van der Waals surface area contributed by atoms with Gasteiger partial charge in [0, 0.05) is 12.7 Å². The first-order valence-electron chi connectivity index (χ1n) is 10.7. The number of Topliss-reactive ketones (excluding diaryl/α,β-unsaturated/α-hetero) is 1. The molecule has 166 valence electrons. The van der Waals surface area contributed by atoms with Crippen molar-refractivity contribution in [3.8, 4) is 0 Å². The molecule has 1 aromatic carbocycles. The van der Waals surface area contributed by atoms with Crippen molar-refractivity contribution >= 4 is 23.1 Å². The molecule has 1 amide bonds. The van der Waals surface area contributed by atoms with Gasteiger partial charge >= 0.3 is 0 Å². The van der Waals surface area contributed by atoms with Crippen LogP contribution in [0.4, 0.5) is 0 Å². The van der Waals surface area contributed by atoms with Gasteiger partial charge in [0.2, 0.25) is 0 Å².